The van der Waals surface area contributed by atoms with Crippen LogP contribution in [-0.2, 0) is 16.2 Å². The second kappa shape index (κ2) is 25.7. The zero-order valence-electron chi connectivity index (χ0n) is 60.3. The molecular formula is C107H74N2. The van der Waals surface area contributed by atoms with Crippen LogP contribution in [0.1, 0.15) is 89.0 Å². The highest BCUT2D eigenvalue weighted by Crippen LogP contribution is 2.66. The van der Waals surface area contributed by atoms with Crippen molar-refractivity contribution in [2.24, 2.45) is 0 Å². The molecular weight excluding hydrogens is 1310 g/mol. The first-order valence-corrected chi connectivity index (χ1v) is 37.6. The Bertz CT molecular complexity index is 6210. The number of anilines is 6. The standard InChI is InChI=1S/C107H74N2/c1-5-71-35-47-79(48-36-71)105(80-49-37-72(6-2)38-50-80)98-32-20-18-30-92(98)96-67-85(62-66-101(96)105)108(83-55-43-77(44-56-83)75-23-11-9-12-24-75)87-60-64-94-90-28-16-21-33-99(90)107(103(94)69-87)100-34-22-17-29-91(100)95-65-61-88(70-104(95)107)109(84-57-45-78(46-58-84)76-25-13-10-14-26-76)86-59-63-93-89-27-15-19-31-97(89)106(102(93)68-86,81-51-39-73(7-3)40-52-81)82-53-41-74(8-4)42-54-82/h5-70H,1-4H2. The van der Waals surface area contributed by atoms with E-state index < -0.39 is 16.2 Å². The Kier molecular flexibility index (Phi) is 15.2. The third-order valence-corrected chi connectivity index (χ3v) is 23.9. The summed E-state index contributed by atoms with van der Waals surface area (Å²) in [5, 5.41) is 0. The Balaban J connectivity index is 0.804. The van der Waals surface area contributed by atoms with Crippen LogP contribution in [0.4, 0.5) is 34.1 Å². The maximum absolute atomic E-state index is 4.18. The van der Waals surface area contributed by atoms with E-state index in [9.17, 15) is 0 Å². The van der Waals surface area contributed by atoms with Crippen molar-refractivity contribution in [1.29, 1.82) is 0 Å². The molecule has 1 unspecified atom stereocenters. The van der Waals surface area contributed by atoms with Crippen molar-refractivity contribution in [3.8, 4) is 66.8 Å². The fourth-order valence-corrected chi connectivity index (χ4v) is 19.0. The summed E-state index contributed by atoms with van der Waals surface area (Å²) in [6.07, 6.45) is 7.72. The number of fused-ring (bicyclic) bond motifs is 16. The number of hydrogen-bond acceptors (Lipinski definition) is 2. The van der Waals surface area contributed by atoms with E-state index in [0.29, 0.717) is 0 Å². The molecule has 1 atom stereocenters. The lowest BCUT2D eigenvalue weighted by atomic mass is 9.67. The molecule has 0 amide bonds. The zero-order valence-corrected chi connectivity index (χ0v) is 60.3. The van der Waals surface area contributed by atoms with Gasteiger partial charge in [-0.3, -0.25) is 0 Å². The van der Waals surface area contributed by atoms with Crippen LogP contribution in [0.3, 0.4) is 0 Å². The van der Waals surface area contributed by atoms with Crippen LogP contribution in [0.5, 0.6) is 0 Å². The van der Waals surface area contributed by atoms with Crippen LogP contribution >= 0.6 is 0 Å². The van der Waals surface area contributed by atoms with Gasteiger partial charge in [0.05, 0.1) is 16.2 Å². The van der Waals surface area contributed by atoms with Gasteiger partial charge >= 0.3 is 0 Å². The third kappa shape index (κ3) is 9.75. The van der Waals surface area contributed by atoms with Gasteiger partial charge in [-0.25, -0.2) is 0 Å². The molecule has 16 aromatic rings. The summed E-state index contributed by atoms with van der Waals surface area (Å²) < 4.78 is 0. The van der Waals surface area contributed by atoms with Crippen LogP contribution in [0, 0.1) is 0 Å². The third-order valence-electron chi connectivity index (χ3n) is 23.9. The van der Waals surface area contributed by atoms with Gasteiger partial charge in [-0.05, 0) is 229 Å². The van der Waals surface area contributed by atoms with E-state index in [1.54, 1.807) is 0 Å². The van der Waals surface area contributed by atoms with Gasteiger partial charge < -0.3 is 9.80 Å². The molecule has 4 aliphatic rings. The quantitative estimate of drug-likeness (QED) is 0.0951. The summed E-state index contributed by atoms with van der Waals surface area (Å²) in [5.41, 5.74) is 37.6. The van der Waals surface area contributed by atoms with Crippen molar-refractivity contribution in [3.63, 3.8) is 0 Å². The van der Waals surface area contributed by atoms with Gasteiger partial charge in [0.2, 0.25) is 0 Å². The van der Waals surface area contributed by atoms with Gasteiger partial charge in [0.25, 0.3) is 0 Å². The van der Waals surface area contributed by atoms with Crippen LogP contribution < -0.4 is 9.80 Å². The SMILES string of the molecule is C=Cc1ccc(C2(c3ccc(C=C)cc3)c3ccccc3-c3cc(N(c4ccc(-c5ccccc5)cc4)c4ccc5c(c4)C4(c6ccccc6-5)c5ccccc5-c5ccc(N(c6ccc(-c7ccccc7)cc6)c6ccc7c(c6)C(c6ccc(C=C)cc6)(c6ccc(C=C)cc6)c6ccccc6-7)cc54)ccc32)cc1. The van der Waals surface area contributed by atoms with E-state index in [4.69, 9.17) is 0 Å². The van der Waals surface area contributed by atoms with E-state index in [0.717, 1.165) is 67.5 Å². The molecule has 0 saturated heterocycles. The Hall–Kier alpha value is -13.9. The van der Waals surface area contributed by atoms with Crippen molar-refractivity contribution >= 4 is 58.4 Å². The number of nitrogens with zero attached hydrogens (tertiary/aromatic N) is 2. The van der Waals surface area contributed by atoms with Crippen molar-refractivity contribution in [2.45, 2.75) is 16.2 Å². The minimum Gasteiger partial charge on any atom is -0.310 e. The van der Waals surface area contributed by atoms with Crippen molar-refractivity contribution in [1.82, 2.24) is 0 Å². The Labute approximate surface area is 638 Å². The molecule has 0 aliphatic heterocycles. The van der Waals surface area contributed by atoms with Crippen LogP contribution in [0.25, 0.3) is 91.1 Å². The largest absolute Gasteiger partial charge is 0.310 e. The molecule has 512 valence electrons. The molecule has 0 fully saturated rings. The molecule has 1 spiro atoms. The molecule has 2 heteroatoms. The monoisotopic (exact) mass is 1390 g/mol. The molecule has 0 aromatic heterocycles. The Morgan fingerprint density at radius 2 is 0.413 bits per heavy atom. The topological polar surface area (TPSA) is 6.48 Å². The molecule has 0 radical (unpaired) electrons. The number of benzene rings is 16. The van der Waals surface area contributed by atoms with E-state index in [1.807, 2.05) is 24.3 Å². The number of hydrogen-bond donors (Lipinski definition) is 0. The molecule has 109 heavy (non-hydrogen) atoms. The Morgan fingerprint density at radius 1 is 0.174 bits per heavy atom. The summed E-state index contributed by atoms with van der Waals surface area (Å²) in [6.45, 7) is 16.7. The van der Waals surface area contributed by atoms with Crippen molar-refractivity contribution < 1.29 is 0 Å². The van der Waals surface area contributed by atoms with Crippen LogP contribution in [0.15, 0.2) is 402 Å². The molecule has 0 heterocycles. The lowest BCUT2D eigenvalue weighted by molar-refractivity contribution is 0.768. The molecule has 0 bridgehead atoms. The van der Waals surface area contributed by atoms with Gasteiger partial charge in [-0.15, -0.1) is 0 Å². The summed E-state index contributed by atoms with van der Waals surface area (Å²) in [4.78, 5) is 5.01. The van der Waals surface area contributed by atoms with E-state index in [-0.39, 0.29) is 0 Å². The molecule has 0 N–H and O–H groups in total. The molecule has 0 saturated carbocycles. The molecule has 4 aliphatic carbocycles. The first-order chi connectivity index (χ1) is 53.8. The molecule has 20 rings (SSSR count). The lowest BCUT2D eigenvalue weighted by Crippen LogP contribution is -2.29. The van der Waals surface area contributed by atoms with Crippen molar-refractivity contribution in [2.75, 3.05) is 9.80 Å². The van der Waals surface area contributed by atoms with E-state index in [2.05, 4.69) is 412 Å². The maximum atomic E-state index is 4.18. The predicted octanol–water partition coefficient (Wildman–Crippen LogP) is 27.6. The minimum atomic E-state index is -0.752. The maximum Gasteiger partial charge on any atom is 0.0727 e. The van der Waals surface area contributed by atoms with Gasteiger partial charge in [-0.1, -0.05) is 354 Å². The van der Waals surface area contributed by atoms with E-state index in [1.165, 1.54) is 122 Å². The zero-order chi connectivity index (χ0) is 73.0. The normalized spacial score (nSPS) is 14.4. The highest BCUT2D eigenvalue weighted by Gasteiger charge is 2.53. The molecule has 2 nitrogen and oxygen atoms in total. The minimum absolute atomic E-state index is 0.630. The van der Waals surface area contributed by atoms with E-state index >= 15 is 0 Å². The molecule has 16 aromatic carbocycles. The second-order valence-corrected chi connectivity index (χ2v) is 29.2. The fourth-order valence-electron chi connectivity index (χ4n) is 19.0. The summed E-state index contributed by atoms with van der Waals surface area (Å²) >= 11 is 0. The summed E-state index contributed by atoms with van der Waals surface area (Å²) in [5.74, 6) is 0. The first kappa shape index (κ1) is 64.7. The lowest BCUT2D eigenvalue weighted by Gasteiger charge is -2.35. The smallest absolute Gasteiger partial charge is 0.0727 e. The van der Waals surface area contributed by atoms with Gasteiger partial charge in [0.1, 0.15) is 0 Å². The second-order valence-electron chi connectivity index (χ2n) is 29.2. The van der Waals surface area contributed by atoms with Crippen LogP contribution in [0.2, 0.25) is 0 Å². The average molecular weight is 1390 g/mol. The summed E-state index contributed by atoms with van der Waals surface area (Å²) in [6, 6.07) is 141. The fraction of sp³-hybridized carbons (Fsp3) is 0.0280. The highest BCUT2D eigenvalue weighted by molar-refractivity contribution is 5.99. The van der Waals surface area contributed by atoms with Crippen molar-refractivity contribution in [3.05, 3.63) is 491 Å². The van der Waals surface area contributed by atoms with Crippen LogP contribution in [-0.4, -0.2) is 0 Å². The van der Waals surface area contributed by atoms with Gasteiger partial charge in [0.15, 0.2) is 0 Å². The average Bonchev–Trinajstić information content (AvgIpc) is 1.51. The number of rotatable bonds is 16. The highest BCUT2D eigenvalue weighted by atomic mass is 15.1. The summed E-state index contributed by atoms with van der Waals surface area (Å²) in [7, 11) is 0. The van der Waals surface area contributed by atoms with Gasteiger partial charge in [-0.2, -0.15) is 0 Å². The predicted molar refractivity (Wildman–Crippen MR) is 458 cm³/mol. The first-order valence-electron chi connectivity index (χ1n) is 37.6. The Morgan fingerprint density at radius 3 is 0.752 bits per heavy atom. The van der Waals surface area contributed by atoms with Gasteiger partial charge in [0, 0.05) is 34.1 Å².